The molecule has 0 aliphatic heterocycles. The van der Waals surface area contributed by atoms with E-state index in [2.05, 4.69) is 15.8 Å². The topological polar surface area (TPSA) is 77.9 Å². The Morgan fingerprint density at radius 3 is 2.85 bits per heavy atom. The maximum atomic E-state index is 12.0. The second-order valence-electron chi connectivity index (χ2n) is 6.18. The highest BCUT2D eigenvalue weighted by molar-refractivity contribution is 8.00. The first kappa shape index (κ1) is 17.9. The summed E-state index contributed by atoms with van der Waals surface area (Å²) < 4.78 is 8.54. The number of benzene rings is 2. The predicted molar refractivity (Wildman–Crippen MR) is 104 cm³/mol. The van der Waals surface area contributed by atoms with Gasteiger partial charge in [-0.15, -0.1) is 0 Å². The van der Waals surface area contributed by atoms with Gasteiger partial charge in [-0.3, -0.25) is 0 Å². The molecular weight excluding hydrogens is 346 g/mol. The van der Waals surface area contributed by atoms with Gasteiger partial charge in [-0.05, 0) is 62.5 Å². The Morgan fingerprint density at radius 2 is 2.12 bits per heavy atom. The molecule has 0 fully saturated rings. The summed E-state index contributed by atoms with van der Waals surface area (Å²) in [5.41, 5.74) is 3.97. The number of aryl methyl sites for hydroxylation is 1. The van der Waals surface area contributed by atoms with E-state index in [0.717, 1.165) is 27.0 Å². The Kier molecular flexibility index (Phi) is 5.19. The fourth-order valence-corrected chi connectivity index (χ4v) is 3.41. The second-order valence-corrected chi connectivity index (χ2v) is 7.06. The first-order valence-corrected chi connectivity index (χ1v) is 9.06. The van der Waals surface area contributed by atoms with E-state index in [-0.39, 0.29) is 12.1 Å². The van der Waals surface area contributed by atoms with Crippen molar-refractivity contribution in [3.8, 4) is 6.07 Å². The third kappa shape index (κ3) is 3.68. The molecule has 1 heterocycles. The summed E-state index contributed by atoms with van der Waals surface area (Å²) >= 11 is 1.40. The van der Waals surface area contributed by atoms with Gasteiger partial charge in [0.05, 0.1) is 28.4 Å². The fourth-order valence-electron chi connectivity index (χ4n) is 2.68. The summed E-state index contributed by atoms with van der Waals surface area (Å²) in [5, 5.41) is 10.2. The van der Waals surface area contributed by atoms with E-state index >= 15 is 0 Å². The number of aromatic nitrogens is 1. The molecule has 0 bridgehead atoms. The molecule has 6 heteroatoms. The third-order valence-corrected chi connectivity index (χ3v) is 4.67. The minimum Gasteiger partial charge on any atom is -0.459 e. The minimum absolute atomic E-state index is 0.153. The number of nitrogens with zero attached hydrogens (tertiary/aromatic N) is 1. The molecule has 26 heavy (non-hydrogen) atoms. The minimum atomic E-state index is -0.330. The van der Waals surface area contributed by atoms with Crippen molar-refractivity contribution in [1.29, 1.82) is 5.26 Å². The van der Waals surface area contributed by atoms with Crippen molar-refractivity contribution in [3.05, 3.63) is 59.3 Å². The average Bonchev–Trinajstić information content (AvgIpc) is 3.06. The molecule has 0 saturated heterocycles. The predicted octanol–water partition coefficient (Wildman–Crippen LogP) is 5.03. The van der Waals surface area contributed by atoms with Crippen molar-refractivity contribution in [3.63, 3.8) is 0 Å². The lowest BCUT2D eigenvalue weighted by molar-refractivity contribution is 0.0377. The number of hydrogen-bond acceptors (Lipinski definition) is 5. The lowest BCUT2D eigenvalue weighted by Crippen LogP contribution is -2.11. The van der Waals surface area contributed by atoms with Crippen molar-refractivity contribution in [2.75, 3.05) is 4.72 Å². The largest absolute Gasteiger partial charge is 0.459 e. The molecule has 0 atom stereocenters. The third-order valence-electron chi connectivity index (χ3n) is 3.86. The number of rotatable bonds is 5. The molecule has 0 radical (unpaired) electrons. The zero-order valence-electron chi connectivity index (χ0n) is 14.8. The number of carbonyl (C=O) groups is 1. The maximum absolute atomic E-state index is 12.0. The first-order chi connectivity index (χ1) is 12.5. The van der Waals surface area contributed by atoms with Crippen molar-refractivity contribution in [1.82, 2.24) is 4.98 Å². The van der Waals surface area contributed by atoms with Crippen LogP contribution in [-0.4, -0.2) is 17.1 Å². The van der Waals surface area contributed by atoms with Gasteiger partial charge in [0.2, 0.25) is 0 Å². The monoisotopic (exact) mass is 365 g/mol. The van der Waals surface area contributed by atoms with Crippen LogP contribution in [0, 0.1) is 18.3 Å². The standard InChI is InChI=1S/C20H19N3O2S/c1-12(2)25-20(24)14-5-4-6-16(9-14)26-23-17-8-7-13(3)18-15(10-21)11-22-19(17)18/h4-9,11-12,22-23H,1-3H3. The van der Waals surface area contributed by atoms with Crippen LogP contribution in [-0.2, 0) is 4.74 Å². The van der Waals surface area contributed by atoms with E-state index in [9.17, 15) is 10.1 Å². The Balaban J connectivity index is 1.81. The Bertz CT molecular complexity index is 1000. The highest BCUT2D eigenvalue weighted by Gasteiger charge is 2.12. The molecule has 2 aromatic carbocycles. The maximum Gasteiger partial charge on any atom is 0.338 e. The molecule has 0 spiro atoms. The van der Waals surface area contributed by atoms with Crippen LogP contribution in [0.5, 0.6) is 0 Å². The second kappa shape index (κ2) is 7.54. The zero-order valence-corrected chi connectivity index (χ0v) is 15.6. The first-order valence-electron chi connectivity index (χ1n) is 8.24. The average molecular weight is 365 g/mol. The molecule has 2 N–H and O–H groups in total. The van der Waals surface area contributed by atoms with Gasteiger partial charge in [-0.2, -0.15) is 5.26 Å². The quantitative estimate of drug-likeness (QED) is 0.490. The summed E-state index contributed by atoms with van der Waals surface area (Å²) in [5.74, 6) is -0.330. The highest BCUT2D eigenvalue weighted by atomic mass is 32.2. The van der Waals surface area contributed by atoms with Gasteiger partial charge >= 0.3 is 5.97 Å². The SMILES string of the molecule is Cc1ccc(NSc2cccc(C(=O)OC(C)C)c2)c2[nH]cc(C#N)c12. The van der Waals surface area contributed by atoms with E-state index in [4.69, 9.17) is 4.74 Å². The van der Waals surface area contributed by atoms with Crippen LogP contribution in [0.1, 0.15) is 35.3 Å². The molecule has 0 unspecified atom stereocenters. The molecule has 1 aromatic heterocycles. The molecule has 0 amide bonds. The highest BCUT2D eigenvalue weighted by Crippen LogP contribution is 2.31. The summed E-state index contributed by atoms with van der Waals surface area (Å²) in [7, 11) is 0. The number of nitrogens with one attached hydrogen (secondary N) is 2. The van der Waals surface area contributed by atoms with Crippen molar-refractivity contribution in [2.24, 2.45) is 0 Å². The van der Waals surface area contributed by atoms with Crippen LogP contribution < -0.4 is 4.72 Å². The number of esters is 1. The normalized spacial score (nSPS) is 10.7. The van der Waals surface area contributed by atoms with Crippen LogP contribution >= 0.6 is 11.9 Å². The summed E-state index contributed by atoms with van der Waals surface area (Å²) in [6, 6.07) is 13.4. The van der Waals surface area contributed by atoms with E-state index in [1.807, 2.05) is 45.0 Å². The Hall–Kier alpha value is -2.91. The molecule has 0 aliphatic rings. The number of hydrogen-bond donors (Lipinski definition) is 2. The van der Waals surface area contributed by atoms with E-state index in [0.29, 0.717) is 11.1 Å². The van der Waals surface area contributed by atoms with Crippen molar-refractivity contribution < 1.29 is 9.53 Å². The van der Waals surface area contributed by atoms with E-state index < -0.39 is 0 Å². The number of ether oxygens (including phenoxy) is 1. The molecule has 132 valence electrons. The molecule has 5 nitrogen and oxygen atoms in total. The number of nitriles is 1. The smallest absolute Gasteiger partial charge is 0.338 e. The number of H-pyrrole nitrogens is 1. The van der Waals surface area contributed by atoms with Crippen molar-refractivity contribution >= 4 is 34.5 Å². The molecule has 3 rings (SSSR count). The molecule has 3 aromatic rings. The van der Waals surface area contributed by atoms with Crippen LogP contribution in [0.2, 0.25) is 0 Å². The van der Waals surface area contributed by atoms with E-state index in [1.54, 1.807) is 18.3 Å². The van der Waals surface area contributed by atoms with Gasteiger partial charge < -0.3 is 14.4 Å². The van der Waals surface area contributed by atoms with Crippen molar-refractivity contribution in [2.45, 2.75) is 31.8 Å². The molecular formula is C20H19N3O2S. The van der Waals surface area contributed by atoms with Crippen LogP contribution in [0.15, 0.2) is 47.5 Å². The summed E-state index contributed by atoms with van der Waals surface area (Å²) in [6.45, 7) is 5.64. The Morgan fingerprint density at radius 1 is 1.31 bits per heavy atom. The van der Waals surface area contributed by atoms with Crippen LogP contribution in [0.25, 0.3) is 10.9 Å². The summed E-state index contributed by atoms with van der Waals surface area (Å²) in [4.78, 5) is 16.1. The van der Waals surface area contributed by atoms with Crippen LogP contribution in [0.3, 0.4) is 0 Å². The number of fused-ring (bicyclic) bond motifs is 1. The van der Waals surface area contributed by atoms with Gasteiger partial charge in [0.1, 0.15) is 6.07 Å². The van der Waals surface area contributed by atoms with Gasteiger partial charge in [-0.1, -0.05) is 12.1 Å². The lowest BCUT2D eigenvalue weighted by Gasteiger charge is -2.10. The molecule has 0 saturated carbocycles. The zero-order chi connectivity index (χ0) is 18.7. The summed E-state index contributed by atoms with van der Waals surface area (Å²) in [6.07, 6.45) is 1.57. The number of aromatic amines is 1. The lowest BCUT2D eigenvalue weighted by atomic mass is 10.1. The fraction of sp³-hybridized carbons (Fsp3) is 0.200. The van der Waals surface area contributed by atoms with Gasteiger partial charge in [0.15, 0.2) is 0 Å². The molecule has 0 aliphatic carbocycles. The Labute approximate surface area is 156 Å². The van der Waals surface area contributed by atoms with Gasteiger partial charge in [0, 0.05) is 16.5 Å². The van der Waals surface area contributed by atoms with E-state index in [1.165, 1.54) is 11.9 Å². The van der Waals surface area contributed by atoms with Gasteiger partial charge in [-0.25, -0.2) is 4.79 Å². The number of carbonyl (C=O) groups excluding carboxylic acids is 1. The number of anilines is 1. The van der Waals surface area contributed by atoms with Crippen LogP contribution in [0.4, 0.5) is 5.69 Å². The van der Waals surface area contributed by atoms with Gasteiger partial charge in [0.25, 0.3) is 0 Å².